The lowest BCUT2D eigenvalue weighted by atomic mass is 10.1. The lowest BCUT2D eigenvalue weighted by Crippen LogP contribution is -2.49. The minimum atomic E-state index is -0.0343. The third-order valence-electron chi connectivity index (χ3n) is 10.7. The van der Waals surface area contributed by atoms with Gasteiger partial charge in [0.25, 0.3) is 11.8 Å². The molecule has 15 heteroatoms. The van der Waals surface area contributed by atoms with Crippen LogP contribution in [0, 0.1) is 27.7 Å². The van der Waals surface area contributed by atoms with Crippen LogP contribution in [0.15, 0.2) is 100 Å². The van der Waals surface area contributed by atoms with E-state index in [1.54, 1.807) is 31.6 Å². The number of methoxy groups -OCH3 is 1. The van der Waals surface area contributed by atoms with Crippen LogP contribution in [0.1, 0.15) is 54.8 Å². The molecule has 2 amide bonds. The fourth-order valence-electron chi connectivity index (χ4n) is 7.12. The highest BCUT2D eigenvalue weighted by molar-refractivity contribution is 5.97. The van der Waals surface area contributed by atoms with Gasteiger partial charge in [-0.2, -0.15) is 0 Å². The molecule has 2 aliphatic heterocycles. The Bertz CT molecular complexity index is 2310. The smallest absolute Gasteiger partial charge is 0.257 e. The molecule has 15 nitrogen and oxygen atoms in total. The standard InChI is InChI=1S/C24H27N3O4.C21H23N5O3/c1-17-22(18(2)31-25-17)16-30-23-7-5-4-6-21(23)24(28)27-14-12-26(13-15-27)19-8-10-20(29-3)11-9-19;1-15-18(16(2)29-24-15)14-28-19-7-4-3-6-17(19)20(27)25-10-12-26(13-11-25)21-22-8-5-9-23-21/h4-11H,12-16H2,1-3H3;3-9H,10-14H2,1-2H3. The van der Waals surface area contributed by atoms with Crippen molar-refractivity contribution in [2.75, 3.05) is 69.3 Å². The zero-order valence-electron chi connectivity index (χ0n) is 34.7. The molecule has 0 saturated carbocycles. The maximum Gasteiger partial charge on any atom is 0.257 e. The number of anilines is 2. The predicted octanol–water partition coefficient (Wildman–Crippen LogP) is 6.46. The van der Waals surface area contributed by atoms with Gasteiger partial charge >= 0.3 is 0 Å². The molecule has 0 unspecified atom stereocenters. The van der Waals surface area contributed by atoms with E-state index in [0.717, 1.165) is 58.6 Å². The van der Waals surface area contributed by atoms with Crippen molar-refractivity contribution in [3.05, 3.63) is 136 Å². The fourth-order valence-corrected chi connectivity index (χ4v) is 7.12. The van der Waals surface area contributed by atoms with E-state index in [-0.39, 0.29) is 11.8 Å². The molecule has 6 aromatic rings. The molecule has 0 atom stereocenters. The Morgan fingerprint density at radius 3 is 1.47 bits per heavy atom. The first-order valence-electron chi connectivity index (χ1n) is 20.0. The van der Waals surface area contributed by atoms with E-state index in [4.69, 9.17) is 23.3 Å². The lowest BCUT2D eigenvalue weighted by Gasteiger charge is -2.36. The first kappa shape index (κ1) is 41.3. The van der Waals surface area contributed by atoms with Crippen molar-refractivity contribution >= 4 is 23.5 Å². The summed E-state index contributed by atoms with van der Waals surface area (Å²) in [7, 11) is 1.66. The van der Waals surface area contributed by atoms with E-state index in [1.165, 1.54) is 0 Å². The Kier molecular flexibility index (Phi) is 13.2. The Morgan fingerprint density at radius 2 is 1.03 bits per heavy atom. The molecule has 0 aliphatic carbocycles. The van der Waals surface area contributed by atoms with Gasteiger partial charge in [0.15, 0.2) is 0 Å². The van der Waals surface area contributed by atoms with E-state index in [2.05, 4.69) is 30.1 Å². The number of hydrogen-bond acceptors (Lipinski definition) is 13. The number of piperazine rings is 2. The number of para-hydroxylation sites is 2. The summed E-state index contributed by atoms with van der Waals surface area (Å²) in [5, 5.41) is 7.91. The minimum Gasteiger partial charge on any atom is -0.497 e. The summed E-state index contributed by atoms with van der Waals surface area (Å²) in [4.78, 5) is 43.0. The van der Waals surface area contributed by atoms with Crippen LogP contribution in [0.3, 0.4) is 0 Å². The minimum absolute atomic E-state index is 0.0104. The summed E-state index contributed by atoms with van der Waals surface area (Å²) in [5.41, 5.74) is 5.69. The molecule has 2 saturated heterocycles. The van der Waals surface area contributed by atoms with Crippen molar-refractivity contribution in [1.29, 1.82) is 0 Å². The highest BCUT2D eigenvalue weighted by atomic mass is 16.5. The average Bonchev–Trinajstić information content (AvgIpc) is 3.81. The number of aryl methyl sites for hydroxylation is 4. The van der Waals surface area contributed by atoms with Gasteiger partial charge < -0.3 is 42.9 Å². The predicted molar refractivity (Wildman–Crippen MR) is 225 cm³/mol. The van der Waals surface area contributed by atoms with Crippen molar-refractivity contribution in [2.24, 2.45) is 0 Å². The van der Waals surface area contributed by atoms with Gasteiger partial charge in [-0.3, -0.25) is 9.59 Å². The van der Waals surface area contributed by atoms with Gasteiger partial charge in [-0.05, 0) is 82.3 Å². The molecular weight excluding hydrogens is 765 g/mol. The first-order chi connectivity index (χ1) is 29.2. The summed E-state index contributed by atoms with van der Waals surface area (Å²) in [5.74, 6) is 4.09. The molecule has 0 radical (unpaired) electrons. The molecule has 3 aromatic carbocycles. The quantitative estimate of drug-likeness (QED) is 0.141. The maximum atomic E-state index is 13.2. The highest BCUT2D eigenvalue weighted by Gasteiger charge is 2.27. The van der Waals surface area contributed by atoms with Crippen LogP contribution < -0.4 is 24.0 Å². The van der Waals surface area contributed by atoms with Crippen LogP contribution in [0.2, 0.25) is 0 Å². The molecule has 0 N–H and O–H groups in total. The van der Waals surface area contributed by atoms with Crippen molar-refractivity contribution in [2.45, 2.75) is 40.9 Å². The van der Waals surface area contributed by atoms with Crippen LogP contribution in [0.5, 0.6) is 17.2 Å². The van der Waals surface area contributed by atoms with E-state index in [9.17, 15) is 9.59 Å². The number of carbonyl (C=O) groups excluding carboxylic acids is 2. The molecule has 3 aromatic heterocycles. The Balaban J connectivity index is 0.000000182. The molecule has 0 spiro atoms. The number of carbonyl (C=O) groups is 2. The lowest BCUT2D eigenvalue weighted by molar-refractivity contribution is 0.0733. The Labute approximate surface area is 349 Å². The molecule has 60 heavy (non-hydrogen) atoms. The summed E-state index contributed by atoms with van der Waals surface area (Å²) in [6.07, 6.45) is 3.46. The zero-order valence-corrected chi connectivity index (χ0v) is 34.7. The second kappa shape index (κ2) is 19.2. The number of hydrogen-bond donors (Lipinski definition) is 0. The maximum absolute atomic E-state index is 13.2. The fraction of sp³-hybridized carbons (Fsp3) is 0.333. The largest absolute Gasteiger partial charge is 0.497 e. The SMILES string of the molecule is COc1ccc(N2CCN(C(=O)c3ccccc3OCc3c(C)noc3C)CC2)cc1.Cc1noc(C)c1COc1ccccc1C(=O)N1CCN(c2ncccn2)CC1. The van der Waals surface area contributed by atoms with Gasteiger partial charge in [0.05, 0.1) is 40.8 Å². The van der Waals surface area contributed by atoms with Crippen LogP contribution in [-0.4, -0.2) is 101 Å². The second-order valence-electron chi connectivity index (χ2n) is 14.5. The number of aromatic nitrogens is 4. The van der Waals surface area contributed by atoms with Crippen molar-refractivity contribution in [1.82, 2.24) is 30.1 Å². The van der Waals surface area contributed by atoms with Crippen LogP contribution in [0.25, 0.3) is 0 Å². The number of nitrogens with zero attached hydrogens (tertiary/aromatic N) is 8. The number of ether oxygens (including phenoxy) is 3. The van der Waals surface area contributed by atoms with Gasteiger partial charge in [0, 0.05) is 70.4 Å². The van der Waals surface area contributed by atoms with E-state index < -0.39 is 0 Å². The first-order valence-corrected chi connectivity index (χ1v) is 20.0. The van der Waals surface area contributed by atoms with Crippen LogP contribution in [-0.2, 0) is 13.2 Å². The topological polar surface area (TPSA) is 153 Å². The van der Waals surface area contributed by atoms with Gasteiger partial charge in [0.1, 0.15) is 42.0 Å². The van der Waals surface area contributed by atoms with E-state index in [1.807, 2.05) is 104 Å². The van der Waals surface area contributed by atoms with Crippen molar-refractivity contribution < 1.29 is 32.8 Å². The van der Waals surface area contributed by atoms with Gasteiger partial charge in [-0.25, -0.2) is 9.97 Å². The number of amides is 2. The summed E-state index contributed by atoms with van der Waals surface area (Å²) in [6, 6.07) is 24.5. The number of benzene rings is 3. The molecule has 2 fully saturated rings. The molecule has 0 bridgehead atoms. The summed E-state index contributed by atoms with van der Waals surface area (Å²) < 4.78 is 27.6. The average molecular weight is 815 g/mol. The van der Waals surface area contributed by atoms with Crippen molar-refractivity contribution in [3.8, 4) is 17.2 Å². The van der Waals surface area contributed by atoms with Gasteiger partial charge in [-0.15, -0.1) is 0 Å². The van der Waals surface area contributed by atoms with E-state index >= 15 is 0 Å². The highest BCUT2D eigenvalue weighted by Crippen LogP contribution is 2.27. The molecule has 5 heterocycles. The number of rotatable bonds is 11. The second-order valence-corrected chi connectivity index (χ2v) is 14.5. The van der Waals surface area contributed by atoms with E-state index in [0.29, 0.717) is 81.1 Å². The van der Waals surface area contributed by atoms with Crippen LogP contribution >= 0.6 is 0 Å². The third-order valence-corrected chi connectivity index (χ3v) is 10.7. The van der Waals surface area contributed by atoms with Gasteiger partial charge in [-0.1, -0.05) is 34.6 Å². The zero-order chi connectivity index (χ0) is 42.0. The van der Waals surface area contributed by atoms with Crippen molar-refractivity contribution in [3.63, 3.8) is 0 Å². The monoisotopic (exact) mass is 814 g/mol. The third kappa shape index (κ3) is 9.68. The Hall–Kier alpha value is -6.90. The molecular formula is C45H50N8O7. The molecule has 2 aliphatic rings. The van der Waals surface area contributed by atoms with Crippen LogP contribution in [0.4, 0.5) is 11.6 Å². The molecule has 8 rings (SSSR count). The summed E-state index contributed by atoms with van der Waals surface area (Å²) >= 11 is 0. The Morgan fingerprint density at radius 1 is 0.583 bits per heavy atom. The normalized spacial score (nSPS) is 14.0. The summed E-state index contributed by atoms with van der Waals surface area (Å²) in [6.45, 7) is 13.6. The van der Waals surface area contributed by atoms with Gasteiger partial charge in [0.2, 0.25) is 5.95 Å². The molecule has 312 valence electrons.